The Bertz CT molecular complexity index is 744. The highest BCUT2D eigenvalue weighted by atomic mass is 19.2. The molecule has 3 saturated heterocycles. The molecule has 23 heavy (non-hydrogen) atoms. The second kappa shape index (κ2) is 5.39. The van der Waals surface area contributed by atoms with Gasteiger partial charge in [0.1, 0.15) is 19.2 Å². The number of nitrogens with zero attached hydrogens (tertiary/aromatic N) is 2. The predicted molar refractivity (Wildman–Crippen MR) is 88.0 cm³/mol. The summed E-state index contributed by atoms with van der Waals surface area (Å²) in [7, 11) is 0. The van der Waals surface area contributed by atoms with E-state index < -0.39 is 16.9 Å². The highest BCUT2D eigenvalue weighted by molar-refractivity contribution is 5.82. The van der Waals surface area contributed by atoms with Crippen LogP contribution in [0.4, 0.5) is 4.48 Å². The summed E-state index contributed by atoms with van der Waals surface area (Å²) in [5, 5.41) is 11.9. The van der Waals surface area contributed by atoms with Gasteiger partial charge in [-0.05, 0) is 28.1 Å². The Morgan fingerprint density at radius 1 is 1.35 bits per heavy atom. The fourth-order valence-electron chi connectivity index (χ4n) is 4.51. The molecule has 3 aliphatic heterocycles. The zero-order valence-corrected chi connectivity index (χ0v) is 13.1. The lowest BCUT2D eigenvalue weighted by Crippen LogP contribution is -2.63. The van der Waals surface area contributed by atoms with Crippen LogP contribution in [0.25, 0.3) is 10.9 Å². The largest absolute Gasteiger partial charge is 0.382 e. The number of fused-ring (bicyclic) bond motifs is 4. The zero-order valence-electron chi connectivity index (χ0n) is 13.1. The van der Waals surface area contributed by atoms with Crippen molar-refractivity contribution < 1.29 is 14.3 Å². The van der Waals surface area contributed by atoms with Crippen molar-refractivity contribution in [2.24, 2.45) is 11.8 Å². The third kappa shape index (κ3) is 2.28. The summed E-state index contributed by atoms with van der Waals surface area (Å²) in [6.07, 6.45) is 4.38. The van der Waals surface area contributed by atoms with Gasteiger partial charge in [0.15, 0.2) is 6.04 Å². The molecule has 5 atom stereocenters. The molecule has 1 N–H and O–H groups in total. The number of hydrogen-bond acceptors (Lipinski definition) is 2. The van der Waals surface area contributed by atoms with Gasteiger partial charge in [0.2, 0.25) is 0 Å². The minimum absolute atomic E-state index is 0.228. The number of rotatable bonds is 3. The number of piperidine rings is 3. The van der Waals surface area contributed by atoms with E-state index in [1.165, 1.54) is 0 Å². The lowest BCUT2D eigenvalue weighted by molar-refractivity contribution is -1.09. The molecule has 3 nitrogen and oxygen atoms in total. The van der Waals surface area contributed by atoms with Gasteiger partial charge in [0, 0.05) is 30.3 Å². The number of para-hydroxylation sites is 1. The van der Waals surface area contributed by atoms with Crippen LogP contribution in [0.15, 0.2) is 49.2 Å². The average molecular weight is 313 g/mol. The molecule has 0 aliphatic carbocycles. The first kappa shape index (κ1) is 14.8. The zero-order chi connectivity index (χ0) is 16.0. The van der Waals surface area contributed by atoms with Crippen molar-refractivity contribution in [2.45, 2.75) is 25.0 Å². The molecule has 3 aliphatic rings. The summed E-state index contributed by atoms with van der Waals surface area (Å²) in [5.41, 5.74) is 1.63. The van der Waals surface area contributed by atoms with Crippen molar-refractivity contribution >= 4 is 10.9 Å². The molecule has 2 aromatic rings. The lowest BCUT2D eigenvalue weighted by atomic mass is 9.73. The summed E-state index contributed by atoms with van der Waals surface area (Å²) in [6, 6.07) is 9.17. The van der Waals surface area contributed by atoms with Crippen LogP contribution in [0.3, 0.4) is 0 Å². The summed E-state index contributed by atoms with van der Waals surface area (Å²) in [6.45, 7) is 4.80. The Morgan fingerprint density at radius 2 is 2.17 bits per heavy atom. The van der Waals surface area contributed by atoms with Crippen LogP contribution < -0.4 is 0 Å². The predicted octanol–water partition coefficient (Wildman–Crippen LogP) is 3.56. The number of pyridine rings is 1. The summed E-state index contributed by atoms with van der Waals surface area (Å²) in [5.74, 6) is 0.669. The number of halogens is 1. The quantitative estimate of drug-likeness (QED) is 0.694. The molecule has 120 valence electrons. The van der Waals surface area contributed by atoms with E-state index in [0.717, 1.165) is 22.9 Å². The Hall–Kier alpha value is -1.78. The normalized spacial score (nSPS) is 34.4. The van der Waals surface area contributed by atoms with E-state index in [2.05, 4.69) is 11.6 Å². The van der Waals surface area contributed by atoms with Crippen molar-refractivity contribution in [3.63, 3.8) is 0 Å². The molecule has 0 spiro atoms. The molecule has 1 aromatic heterocycles. The fraction of sp³-hybridized carbons (Fsp3) is 0.421. The van der Waals surface area contributed by atoms with Gasteiger partial charge in [0.05, 0.1) is 5.52 Å². The first-order valence-electron chi connectivity index (χ1n) is 8.33. The maximum atomic E-state index is 15.5. The number of benzene rings is 1. The van der Waals surface area contributed by atoms with Crippen LogP contribution in [-0.4, -0.2) is 33.9 Å². The standard InChI is InChI=1S/C19H22FN2O/c1-2-13-12-22(20)10-8-14(13)11-18(22)19(23)16-7-9-21-17-6-4-3-5-15(16)17/h2-7,9,13-14,18-19,23H,1,8,10-12H2/q+1/t13-,14-,18-,19+,22?/m0/s1. The first-order chi connectivity index (χ1) is 11.1. The number of aromatic nitrogens is 1. The Balaban J connectivity index is 1.72. The van der Waals surface area contributed by atoms with Crippen molar-refractivity contribution in [1.82, 2.24) is 4.98 Å². The van der Waals surface area contributed by atoms with Gasteiger partial charge in [-0.15, -0.1) is 11.3 Å². The van der Waals surface area contributed by atoms with Gasteiger partial charge < -0.3 is 5.11 Å². The summed E-state index contributed by atoms with van der Waals surface area (Å²) in [4.78, 5) is 4.34. The molecular formula is C19H22FN2O+. The minimum Gasteiger partial charge on any atom is -0.382 e. The molecule has 5 rings (SSSR count). The molecule has 4 heteroatoms. The van der Waals surface area contributed by atoms with E-state index in [-0.39, 0.29) is 5.92 Å². The van der Waals surface area contributed by atoms with Crippen LogP contribution in [-0.2, 0) is 0 Å². The molecule has 3 fully saturated rings. The van der Waals surface area contributed by atoms with Crippen molar-refractivity contribution in [3.8, 4) is 0 Å². The second-order valence-electron chi connectivity index (χ2n) is 6.95. The first-order valence-corrected chi connectivity index (χ1v) is 8.33. The highest BCUT2D eigenvalue weighted by Crippen LogP contribution is 2.47. The summed E-state index contributed by atoms with van der Waals surface area (Å²) >= 11 is 0. The van der Waals surface area contributed by atoms with E-state index in [0.29, 0.717) is 25.4 Å². The van der Waals surface area contributed by atoms with Gasteiger partial charge in [-0.3, -0.25) is 4.98 Å². The van der Waals surface area contributed by atoms with E-state index in [9.17, 15) is 5.11 Å². The molecular weight excluding hydrogens is 291 g/mol. The minimum atomic E-state index is -0.804. The van der Waals surface area contributed by atoms with Crippen molar-refractivity contribution in [3.05, 3.63) is 54.7 Å². The third-order valence-electron chi connectivity index (χ3n) is 5.80. The highest BCUT2D eigenvalue weighted by Gasteiger charge is 2.56. The van der Waals surface area contributed by atoms with Gasteiger partial charge in [-0.25, -0.2) is 0 Å². The average Bonchev–Trinajstić information content (AvgIpc) is 2.60. The Kier molecular flexibility index (Phi) is 3.47. The maximum absolute atomic E-state index is 15.5. The third-order valence-corrected chi connectivity index (χ3v) is 5.80. The number of quaternary nitrogens is 1. The van der Waals surface area contributed by atoms with Gasteiger partial charge in [0.25, 0.3) is 0 Å². The number of aliphatic hydroxyl groups is 1. The fourth-order valence-corrected chi connectivity index (χ4v) is 4.51. The second-order valence-corrected chi connectivity index (χ2v) is 6.95. The number of hydrogen-bond donors (Lipinski definition) is 1. The topological polar surface area (TPSA) is 33.1 Å². The van der Waals surface area contributed by atoms with Gasteiger partial charge >= 0.3 is 0 Å². The van der Waals surface area contributed by atoms with Crippen LogP contribution in [0, 0.1) is 11.8 Å². The molecule has 0 amide bonds. The van der Waals surface area contributed by atoms with Crippen LogP contribution in [0.2, 0.25) is 0 Å². The molecule has 4 heterocycles. The molecule has 0 saturated carbocycles. The maximum Gasteiger partial charge on any atom is 0.155 e. The number of aliphatic hydroxyl groups excluding tert-OH is 1. The Morgan fingerprint density at radius 3 is 2.96 bits per heavy atom. The molecule has 0 radical (unpaired) electrons. The SMILES string of the molecule is C=C[C@H]1C[N+]2(F)CC[C@H]1C[C@H]2[C@H](O)c1ccnc2ccccc12. The molecule has 1 aromatic carbocycles. The van der Waals surface area contributed by atoms with E-state index in [4.69, 9.17) is 0 Å². The van der Waals surface area contributed by atoms with Crippen molar-refractivity contribution in [2.75, 3.05) is 13.1 Å². The smallest absolute Gasteiger partial charge is 0.155 e. The van der Waals surface area contributed by atoms with E-state index >= 15 is 4.48 Å². The van der Waals surface area contributed by atoms with Crippen LogP contribution in [0.5, 0.6) is 0 Å². The van der Waals surface area contributed by atoms with E-state index in [1.54, 1.807) is 6.20 Å². The molecule has 2 bridgehead atoms. The van der Waals surface area contributed by atoms with Crippen LogP contribution in [0.1, 0.15) is 24.5 Å². The van der Waals surface area contributed by atoms with Crippen LogP contribution >= 0.6 is 0 Å². The monoisotopic (exact) mass is 313 g/mol. The Labute approximate surface area is 135 Å². The van der Waals surface area contributed by atoms with E-state index in [1.807, 2.05) is 36.4 Å². The lowest BCUT2D eigenvalue weighted by Gasteiger charge is -2.50. The summed E-state index contributed by atoms with van der Waals surface area (Å²) < 4.78 is 15.0. The van der Waals surface area contributed by atoms with Gasteiger partial charge in [-0.1, -0.05) is 24.3 Å². The van der Waals surface area contributed by atoms with Gasteiger partial charge in [-0.2, -0.15) is 0 Å². The molecule has 1 unspecified atom stereocenters. The van der Waals surface area contributed by atoms with Crippen molar-refractivity contribution in [1.29, 1.82) is 0 Å².